The number of sulfonamides is 1. The molecule has 3 aromatic carbocycles. The third-order valence-corrected chi connectivity index (χ3v) is 13.1. The van der Waals surface area contributed by atoms with Crippen molar-refractivity contribution in [2.75, 3.05) is 11.0 Å². The van der Waals surface area contributed by atoms with Crippen LogP contribution in [0.5, 0.6) is 0 Å². The quantitative estimate of drug-likeness (QED) is 0.131. The van der Waals surface area contributed by atoms with Crippen molar-refractivity contribution in [1.82, 2.24) is 30.0 Å². The van der Waals surface area contributed by atoms with Gasteiger partial charge in [0.2, 0.25) is 15.9 Å². The van der Waals surface area contributed by atoms with Gasteiger partial charge in [0.05, 0.1) is 56.6 Å². The lowest BCUT2D eigenvalue weighted by atomic mass is 9.93. The Hall–Kier alpha value is -5.37. The number of nitrogens with zero attached hydrogens (tertiary/aromatic N) is 4. The number of carbonyl (C=O) groups is 1. The molecule has 0 spiro atoms. The molecule has 6 aromatic rings. The standard InChI is InChI=1S/C39H36ClF2N7O5S2/c1-39(2,56(53,54)26-10-11-26)16-15-25-9-12-27(28-13-14-29(40)35-37(28)49(3)47-38(35)48-55(4,51)52)36(43-25)32(19-22-17-23(41)20-24(42)18-22)46-34(50)21-33-44-30-7-5-6-8-31(30)45-33/h5-9,12-14,17-18,20,26,32H,10-11,19,21H2,1-4H3,(H,44,45)(H,46,50)(H,47,48)/t32-/m0/s1. The monoisotopic (exact) mass is 819 g/mol. The normalized spacial score (nSPS) is 14.1. The van der Waals surface area contributed by atoms with Crippen molar-refractivity contribution in [3.8, 4) is 23.0 Å². The molecule has 290 valence electrons. The molecular formula is C39H36ClF2N7O5S2. The first kappa shape index (κ1) is 38.9. The van der Waals surface area contributed by atoms with E-state index in [1.54, 1.807) is 37.4 Å². The molecule has 1 atom stereocenters. The lowest BCUT2D eigenvalue weighted by molar-refractivity contribution is -0.121. The van der Waals surface area contributed by atoms with E-state index in [2.05, 4.69) is 36.9 Å². The second kappa shape index (κ2) is 14.6. The van der Waals surface area contributed by atoms with Crippen molar-refractivity contribution in [3.63, 3.8) is 0 Å². The predicted molar refractivity (Wildman–Crippen MR) is 211 cm³/mol. The minimum Gasteiger partial charge on any atom is -0.347 e. The summed E-state index contributed by atoms with van der Waals surface area (Å²) < 4.78 is 82.6. The molecule has 0 saturated heterocycles. The number of halogens is 3. The minimum absolute atomic E-state index is 0.0149. The number of nitrogens with one attached hydrogen (secondary N) is 3. The number of carbonyl (C=O) groups excluding carboxylic acids is 1. The van der Waals surface area contributed by atoms with Crippen LogP contribution in [0, 0.1) is 23.5 Å². The van der Waals surface area contributed by atoms with Crippen LogP contribution in [0.25, 0.3) is 33.1 Å². The molecule has 1 aliphatic carbocycles. The fourth-order valence-corrected chi connectivity index (χ4v) is 9.15. The molecule has 3 heterocycles. The average Bonchev–Trinajstić information content (AvgIpc) is 3.82. The number of hydrogen-bond donors (Lipinski definition) is 3. The fourth-order valence-electron chi connectivity index (χ4n) is 6.63. The van der Waals surface area contributed by atoms with Crippen LogP contribution in [0.1, 0.15) is 55.5 Å². The van der Waals surface area contributed by atoms with Gasteiger partial charge < -0.3 is 10.3 Å². The molecular weight excluding hydrogens is 784 g/mol. The smallest absolute Gasteiger partial charge is 0.231 e. The number of aryl methyl sites for hydroxylation is 1. The van der Waals surface area contributed by atoms with E-state index in [1.807, 2.05) is 18.2 Å². The Morgan fingerprint density at radius 1 is 1.02 bits per heavy atom. The van der Waals surface area contributed by atoms with Gasteiger partial charge in [-0.3, -0.25) is 14.2 Å². The van der Waals surface area contributed by atoms with E-state index in [0.717, 1.165) is 30.0 Å². The van der Waals surface area contributed by atoms with E-state index in [-0.39, 0.29) is 46.0 Å². The lowest BCUT2D eigenvalue weighted by Crippen LogP contribution is -2.33. The van der Waals surface area contributed by atoms with Crippen LogP contribution >= 0.6 is 11.6 Å². The van der Waals surface area contributed by atoms with Crippen LogP contribution in [0.4, 0.5) is 14.6 Å². The summed E-state index contributed by atoms with van der Waals surface area (Å²) in [6, 6.07) is 15.8. The second-order valence-corrected chi connectivity index (χ2v) is 19.2. The number of amides is 1. The zero-order valence-electron chi connectivity index (χ0n) is 30.6. The number of aromatic amines is 1. The van der Waals surface area contributed by atoms with Crippen molar-refractivity contribution >= 4 is 65.1 Å². The Morgan fingerprint density at radius 3 is 2.39 bits per heavy atom. The van der Waals surface area contributed by atoms with Gasteiger partial charge >= 0.3 is 0 Å². The van der Waals surface area contributed by atoms with Crippen molar-refractivity contribution in [2.24, 2.45) is 7.05 Å². The number of hydrogen-bond acceptors (Lipinski definition) is 8. The number of anilines is 1. The zero-order chi connectivity index (χ0) is 40.2. The van der Waals surface area contributed by atoms with Gasteiger partial charge in [-0.2, -0.15) is 5.10 Å². The number of fused-ring (bicyclic) bond motifs is 2. The molecule has 7 rings (SSSR count). The maximum absolute atomic E-state index is 14.6. The van der Waals surface area contributed by atoms with Crippen LogP contribution in [0.2, 0.25) is 5.02 Å². The van der Waals surface area contributed by atoms with E-state index in [1.165, 1.54) is 18.5 Å². The van der Waals surface area contributed by atoms with Crippen molar-refractivity contribution in [2.45, 2.75) is 55.6 Å². The number of H-pyrrole nitrogens is 1. The van der Waals surface area contributed by atoms with Gasteiger partial charge in [0.25, 0.3) is 0 Å². The molecule has 17 heteroatoms. The Kier molecular flexibility index (Phi) is 10.1. The number of para-hydroxylation sites is 2. The van der Waals surface area contributed by atoms with Gasteiger partial charge in [0.15, 0.2) is 15.7 Å². The van der Waals surface area contributed by atoms with Crippen molar-refractivity contribution in [3.05, 3.63) is 106 Å². The summed E-state index contributed by atoms with van der Waals surface area (Å²) in [5.41, 5.74) is 3.28. The van der Waals surface area contributed by atoms with Crippen LogP contribution in [-0.4, -0.2) is 63.7 Å². The van der Waals surface area contributed by atoms with Crippen molar-refractivity contribution in [1.29, 1.82) is 0 Å². The molecule has 3 aromatic heterocycles. The highest BCUT2D eigenvalue weighted by molar-refractivity contribution is 7.93. The molecule has 3 N–H and O–H groups in total. The number of benzene rings is 3. The van der Waals surface area contributed by atoms with Gasteiger partial charge in [-0.05, 0) is 87.1 Å². The van der Waals surface area contributed by atoms with E-state index in [0.29, 0.717) is 40.8 Å². The SMILES string of the molecule is Cn1nc(NS(C)(=O)=O)c2c(Cl)ccc(-c3ccc(C#CC(C)(C)S(=O)(=O)C4CC4)nc3[C@H](Cc3cc(F)cc(F)c3)NC(=O)Cc3nc4ccccc4[nH]3)c21. The highest BCUT2D eigenvalue weighted by atomic mass is 35.5. The molecule has 1 amide bonds. The topological polar surface area (TPSA) is 169 Å². The van der Waals surface area contributed by atoms with Gasteiger partial charge in [0.1, 0.15) is 27.9 Å². The third kappa shape index (κ3) is 8.11. The Balaban J connectivity index is 1.40. The molecule has 0 unspecified atom stereocenters. The number of rotatable bonds is 11. The highest BCUT2D eigenvalue weighted by Crippen LogP contribution is 2.40. The molecule has 0 radical (unpaired) electrons. The van der Waals surface area contributed by atoms with Crippen LogP contribution < -0.4 is 10.0 Å². The molecule has 56 heavy (non-hydrogen) atoms. The van der Waals surface area contributed by atoms with Gasteiger partial charge in [-0.15, -0.1) is 0 Å². The predicted octanol–water partition coefficient (Wildman–Crippen LogP) is 6.16. The first-order chi connectivity index (χ1) is 26.4. The summed E-state index contributed by atoms with van der Waals surface area (Å²) in [7, 11) is -5.73. The fraction of sp³-hybridized carbons (Fsp3) is 0.282. The van der Waals surface area contributed by atoms with Gasteiger partial charge in [-0.1, -0.05) is 35.7 Å². The number of sulfone groups is 1. The maximum atomic E-state index is 14.6. The number of aromatic nitrogens is 5. The molecule has 0 aliphatic heterocycles. The minimum atomic E-state index is -3.77. The highest BCUT2D eigenvalue weighted by Gasteiger charge is 2.45. The summed E-state index contributed by atoms with van der Waals surface area (Å²) in [6.07, 6.45) is 1.81. The second-order valence-electron chi connectivity index (χ2n) is 14.3. The summed E-state index contributed by atoms with van der Waals surface area (Å²) in [5.74, 6) is 4.04. The summed E-state index contributed by atoms with van der Waals surface area (Å²) in [5, 5.41) is 7.42. The van der Waals surface area contributed by atoms with E-state index < -0.39 is 53.4 Å². The Labute approximate surface area is 327 Å². The molecule has 1 fully saturated rings. The third-order valence-electron chi connectivity index (χ3n) is 9.39. The molecule has 1 aliphatic rings. The summed E-state index contributed by atoms with van der Waals surface area (Å²) in [6.45, 7) is 3.08. The van der Waals surface area contributed by atoms with Gasteiger partial charge in [0, 0.05) is 24.2 Å². The maximum Gasteiger partial charge on any atom is 0.231 e. The number of imidazole rings is 1. The Bertz CT molecular complexity index is 2790. The first-order valence-corrected chi connectivity index (χ1v) is 21.3. The van der Waals surface area contributed by atoms with Crippen LogP contribution in [0.15, 0.2) is 66.7 Å². The summed E-state index contributed by atoms with van der Waals surface area (Å²) in [4.78, 5) is 26.4. The largest absolute Gasteiger partial charge is 0.347 e. The van der Waals surface area contributed by atoms with Crippen LogP contribution in [0.3, 0.4) is 0 Å². The lowest BCUT2D eigenvalue weighted by Gasteiger charge is -2.22. The van der Waals surface area contributed by atoms with Gasteiger partial charge in [-0.25, -0.2) is 35.6 Å². The van der Waals surface area contributed by atoms with Crippen molar-refractivity contribution < 1.29 is 30.4 Å². The van der Waals surface area contributed by atoms with Crippen LogP contribution in [-0.2, 0) is 44.5 Å². The zero-order valence-corrected chi connectivity index (χ0v) is 33.0. The summed E-state index contributed by atoms with van der Waals surface area (Å²) >= 11 is 6.64. The van der Waals surface area contributed by atoms with E-state index in [4.69, 9.17) is 16.6 Å². The van der Waals surface area contributed by atoms with E-state index in [9.17, 15) is 30.4 Å². The Morgan fingerprint density at radius 2 is 1.71 bits per heavy atom. The molecule has 12 nitrogen and oxygen atoms in total. The molecule has 1 saturated carbocycles. The molecule has 0 bridgehead atoms. The number of pyridine rings is 1. The average molecular weight is 820 g/mol. The van der Waals surface area contributed by atoms with E-state index >= 15 is 0 Å². The first-order valence-electron chi connectivity index (χ1n) is 17.5.